The summed E-state index contributed by atoms with van der Waals surface area (Å²) in [4.78, 5) is 13.2. The summed E-state index contributed by atoms with van der Waals surface area (Å²) in [5.41, 5.74) is 3.00. The lowest BCUT2D eigenvalue weighted by Crippen LogP contribution is -3.04. The second-order valence-corrected chi connectivity index (χ2v) is 5.76. The maximum atomic E-state index is 13.1. The fourth-order valence-electron chi connectivity index (χ4n) is 2.31. The van der Waals surface area contributed by atoms with Gasteiger partial charge in [0.2, 0.25) is 5.91 Å². The molecule has 0 bridgehead atoms. The van der Waals surface area contributed by atoms with E-state index in [0.717, 1.165) is 12.1 Å². The molecule has 0 aliphatic heterocycles. The highest BCUT2D eigenvalue weighted by atomic mass is 19.1. The smallest absolute Gasteiger partial charge is 0.244 e. The molecule has 0 radical (unpaired) electrons. The van der Waals surface area contributed by atoms with Gasteiger partial charge in [0, 0.05) is 18.2 Å². The summed E-state index contributed by atoms with van der Waals surface area (Å²) in [5, 5.41) is 2.87. The van der Waals surface area contributed by atoms with Gasteiger partial charge in [0.1, 0.15) is 12.4 Å². The van der Waals surface area contributed by atoms with E-state index < -0.39 is 0 Å². The minimum Gasteiger partial charge on any atom is -0.348 e. The number of amides is 1. The van der Waals surface area contributed by atoms with E-state index in [4.69, 9.17) is 0 Å². The molecule has 2 rings (SSSR count). The Labute approximate surface area is 136 Å². The van der Waals surface area contributed by atoms with Crippen molar-refractivity contribution >= 4 is 12.0 Å². The van der Waals surface area contributed by atoms with E-state index in [0.29, 0.717) is 12.1 Å². The van der Waals surface area contributed by atoms with Crippen molar-refractivity contribution in [1.82, 2.24) is 5.32 Å². The molecule has 0 aromatic heterocycles. The zero-order chi connectivity index (χ0) is 16.7. The number of quaternary nitrogens is 1. The average Bonchev–Trinajstić information content (AvgIpc) is 2.51. The first-order valence-electron chi connectivity index (χ1n) is 7.62. The third-order valence-electron chi connectivity index (χ3n) is 3.39. The van der Waals surface area contributed by atoms with Gasteiger partial charge in [-0.2, -0.15) is 0 Å². The summed E-state index contributed by atoms with van der Waals surface area (Å²) in [5.74, 6) is -0.506. The highest BCUT2D eigenvalue weighted by molar-refractivity contribution is 5.91. The van der Waals surface area contributed by atoms with Crippen LogP contribution in [0.2, 0.25) is 0 Å². The van der Waals surface area contributed by atoms with E-state index in [1.807, 2.05) is 18.2 Å². The molecule has 2 aromatic rings. The quantitative estimate of drug-likeness (QED) is 0.784. The van der Waals surface area contributed by atoms with Crippen LogP contribution in [0.5, 0.6) is 0 Å². The van der Waals surface area contributed by atoms with Crippen molar-refractivity contribution in [2.75, 3.05) is 14.1 Å². The Kier molecular flexibility index (Phi) is 6.06. The Morgan fingerprint density at radius 3 is 2.57 bits per heavy atom. The molecule has 0 aliphatic rings. The molecule has 23 heavy (non-hydrogen) atoms. The second-order valence-electron chi connectivity index (χ2n) is 5.76. The van der Waals surface area contributed by atoms with Crippen LogP contribution >= 0.6 is 0 Å². The van der Waals surface area contributed by atoms with Gasteiger partial charge in [-0.1, -0.05) is 36.4 Å². The van der Waals surface area contributed by atoms with Gasteiger partial charge < -0.3 is 10.2 Å². The first kappa shape index (κ1) is 16.9. The molecular formula is C19H22FN2O+. The number of hydrogen-bond acceptors (Lipinski definition) is 1. The molecule has 1 amide bonds. The van der Waals surface area contributed by atoms with E-state index in [9.17, 15) is 9.18 Å². The van der Waals surface area contributed by atoms with Gasteiger partial charge in [0.05, 0.1) is 14.1 Å². The van der Waals surface area contributed by atoms with Crippen molar-refractivity contribution in [3.05, 3.63) is 77.1 Å². The highest BCUT2D eigenvalue weighted by Gasteiger charge is 2.06. The van der Waals surface area contributed by atoms with Crippen molar-refractivity contribution in [2.24, 2.45) is 0 Å². The Morgan fingerprint density at radius 2 is 1.87 bits per heavy atom. The number of halogens is 1. The Morgan fingerprint density at radius 1 is 1.13 bits per heavy atom. The van der Waals surface area contributed by atoms with Crippen LogP contribution in [-0.4, -0.2) is 20.0 Å². The van der Waals surface area contributed by atoms with Crippen LogP contribution in [0.3, 0.4) is 0 Å². The number of hydrogen-bond donors (Lipinski definition) is 2. The van der Waals surface area contributed by atoms with Gasteiger partial charge in [-0.3, -0.25) is 4.79 Å². The largest absolute Gasteiger partial charge is 0.348 e. The zero-order valence-electron chi connectivity index (χ0n) is 13.5. The minimum atomic E-state index is -0.312. The van der Waals surface area contributed by atoms with E-state index in [1.54, 1.807) is 18.2 Å². The summed E-state index contributed by atoms with van der Waals surface area (Å²) >= 11 is 0. The SMILES string of the molecule is C[NH+](C)Cc1ccccc1CNC(=O)/C=C/c1cccc(F)c1. The number of benzene rings is 2. The standard InChI is InChI=1S/C19H21FN2O/c1-22(2)14-17-8-4-3-7-16(17)13-21-19(23)11-10-15-6-5-9-18(20)12-15/h3-12H,13-14H2,1-2H3,(H,21,23)/p+1/b11-10+. The van der Waals surface area contributed by atoms with Gasteiger partial charge in [0.15, 0.2) is 0 Å². The zero-order valence-corrected chi connectivity index (χ0v) is 13.5. The molecule has 2 aromatic carbocycles. The minimum absolute atomic E-state index is 0.193. The van der Waals surface area contributed by atoms with Gasteiger partial charge in [-0.15, -0.1) is 0 Å². The van der Waals surface area contributed by atoms with Gasteiger partial charge >= 0.3 is 0 Å². The molecule has 0 saturated heterocycles. The van der Waals surface area contributed by atoms with Crippen molar-refractivity contribution in [3.63, 3.8) is 0 Å². The normalized spacial score (nSPS) is 11.1. The Hall–Kier alpha value is -2.46. The number of carbonyl (C=O) groups is 1. The monoisotopic (exact) mass is 313 g/mol. The Bertz CT molecular complexity index is 695. The van der Waals surface area contributed by atoms with E-state index in [1.165, 1.54) is 28.7 Å². The molecule has 2 N–H and O–H groups in total. The molecule has 0 fully saturated rings. The Balaban J connectivity index is 1.94. The lowest BCUT2D eigenvalue weighted by Gasteiger charge is -2.12. The lowest BCUT2D eigenvalue weighted by atomic mass is 10.1. The molecule has 0 atom stereocenters. The van der Waals surface area contributed by atoms with Crippen LogP contribution in [0.4, 0.5) is 4.39 Å². The maximum Gasteiger partial charge on any atom is 0.244 e. The average molecular weight is 313 g/mol. The van der Waals surface area contributed by atoms with Gasteiger partial charge in [0.25, 0.3) is 0 Å². The molecule has 4 heteroatoms. The van der Waals surface area contributed by atoms with Crippen LogP contribution < -0.4 is 10.2 Å². The second kappa shape index (κ2) is 8.25. The topological polar surface area (TPSA) is 33.5 Å². The van der Waals surface area contributed by atoms with Crippen molar-refractivity contribution in [2.45, 2.75) is 13.1 Å². The maximum absolute atomic E-state index is 13.1. The van der Waals surface area contributed by atoms with E-state index >= 15 is 0 Å². The van der Waals surface area contributed by atoms with Gasteiger partial charge in [-0.05, 0) is 29.3 Å². The van der Waals surface area contributed by atoms with E-state index in [-0.39, 0.29) is 11.7 Å². The molecule has 0 spiro atoms. The number of carbonyl (C=O) groups excluding carboxylic acids is 1. The predicted molar refractivity (Wildman–Crippen MR) is 90.2 cm³/mol. The van der Waals surface area contributed by atoms with E-state index in [2.05, 4.69) is 25.5 Å². The summed E-state index contributed by atoms with van der Waals surface area (Å²) in [7, 11) is 4.19. The molecule has 3 nitrogen and oxygen atoms in total. The van der Waals surface area contributed by atoms with Crippen LogP contribution in [0, 0.1) is 5.82 Å². The van der Waals surface area contributed by atoms with Crippen molar-refractivity contribution in [1.29, 1.82) is 0 Å². The van der Waals surface area contributed by atoms with Crippen molar-refractivity contribution in [3.8, 4) is 0 Å². The van der Waals surface area contributed by atoms with Crippen LogP contribution in [-0.2, 0) is 17.9 Å². The summed E-state index contributed by atoms with van der Waals surface area (Å²) < 4.78 is 13.1. The summed E-state index contributed by atoms with van der Waals surface area (Å²) in [6, 6.07) is 14.2. The van der Waals surface area contributed by atoms with Crippen molar-refractivity contribution < 1.29 is 14.1 Å². The van der Waals surface area contributed by atoms with Gasteiger partial charge in [-0.25, -0.2) is 4.39 Å². The molecule has 0 heterocycles. The van der Waals surface area contributed by atoms with Crippen LogP contribution in [0.25, 0.3) is 6.08 Å². The molecule has 120 valence electrons. The highest BCUT2D eigenvalue weighted by Crippen LogP contribution is 2.08. The third-order valence-corrected chi connectivity index (χ3v) is 3.39. The van der Waals surface area contributed by atoms with Crippen LogP contribution in [0.15, 0.2) is 54.6 Å². The molecule has 0 saturated carbocycles. The lowest BCUT2D eigenvalue weighted by molar-refractivity contribution is -0.872. The number of rotatable bonds is 6. The predicted octanol–water partition coefficient (Wildman–Crippen LogP) is 1.80. The number of nitrogens with one attached hydrogen (secondary N) is 2. The first-order chi connectivity index (χ1) is 11.0. The summed E-state index contributed by atoms with van der Waals surface area (Å²) in [6.07, 6.45) is 3.03. The molecule has 0 unspecified atom stereocenters. The fourth-order valence-corrected chi connectivity index (χ4v) is 2.31. The summed E-state index contributed by atoms with van der Waals surface area (Å²) in [6.45, 7) is 1.39. The van der Waals surface area contributed by atoms with Crippen LogP contribution in [0.1, 0.15) is 16.7 Å². The molecular weight excluding hydrogens is 291 g/mol. The fraction of sp³-hybridized carbons (Fsp3) is 0.211. The third kappa shape index (κ3) is 5.68. The molecule has 0 aliphatic carbocycles. The first-order valence-corrected chi connectivity index (χ1v) is 7.62.